The van der Waals surface area contributed by atoms with Crippen molar-refractivity contribution in [3.8, 4) is 5.75 Å². The molecule has 0 fully saturated rings. The van der Waals surface area contributed by atoms with Crippen LogP contribution < -0.4 is 0 Å². The van der Waals surface area contributed by atoms with Crippen LogP contribution in [0.5, 0.6) is 5.75 Å². The Labute approximate surface area is 99.0 Å². The highest BCUT2D eigenvalue weighted by atomic mass is 32.1. The Balaban J connectivity index is 3.06. The molecule has 1 aromatic rings. The van der Waals surface area contributed by atoms with Crippen molar-refractivity contribution >= 4 is 18.9 Å². The van der Waals surface area contributed by atoms with E-state index in [0.717, 1.165) is 0 Å². The molecule has 3 N–H and O–H groups in total. The number of aldehydes is 1. The van der Waals surface area contributed by atoms with Gasteiger partial charge in [-0.25, -0.2) is 0 Å². The molecule has 0 aliphatic carbocycles. The lowest BCUT2D eigenvalue weighted by atomic mass is 9.97. The maximum absolute atomic E-state index is 10.7. The van der Waals surface area contributed by atoms with Crippen LogP contribution in [-0.2, 0) is 0 Å². The first-order valence-corrected chi connectivity index (χ1v) is 5.49. The predicted octanol–water partition coefficient (Wildman–Crippen LogP) is 0.919. The monoisotopic (exact) mass is 242 g/mol. The lowest BCUT2D eigenvalue weighted by molar-refractivity contribution is 0.0156. The average molecular weight is 242 g/mol. The van der Waals surface area contributed by atoms with E-state index in [9.17, 15) is 20.1 Å². The number of rotatable bonds is 5. The van der Waals surface area contributed by atoms with Gasteiger partial charge >= 0.3 is 0 Å². The topological polar surface area (TPSA) is 77.8 Å². The fraction of sp³-hybridized carbons (Fsp3) is 0.364. The zero-order valence-electron chi connectivity index (χ0n) is 8.58. The zero-order valence-corrected chi connectivity index (χ0v) is 9.47. The van der Waals surface area contributed by atoms with Crippen LogP contribution in [0.1, 0.15) is 28.4 Å². The van der Waals surface area contributed by atoms with Gasteiger partial charge in [-0.05, 0) is 18.2 Å². The Morgan fingerprint density at radius 1 is 1.38 bits per heavy atom. The van der Waals surface area contributed by atoms with Gasteiger partial charge in [-0.1, -0.05) is 12.1 Å². The number of hydrogen-bond donors (Lipinski definition) is 4. The van der Waals surface area contributed by atoms with Crippen molar-refractivity contribution in [1.29, 1.82) is 0 Å². The molecule has 0 bridgehead atoms. The average Bonchev–Trinajstić information content (AvgIpc) is 2.28. The minimum atomic E-state index is -1.28. The third-order valence-corrected chi connectivity index (χ3v) is 2.59. The molecule has 4 nitrogen and oxygen atoms in total. The third kappa shape index (κ3) is 2.75. The van der Waals surface area contributed by atoms with Crippen molar-refractivity contribution in [1.82, 2.24) is 0 Å². The van der Waals surface area contributed by atoms with Crippen LogP contribution in [-0.4, -0.2) is 33.5 Å². The number of hydrogen-bond acceptors (Lipinski definition) is 5. The van der Waals surface area contributed by atoms with E-state index >= 15 is 0 Å². The summed E-state index contributed by atoms with van der Waals surface area (Å²) in [7, 11) is 0. The van der Waals surface area contributed by atoms with Gasteiger partial charge in [-0.3, -0.25) is 4.79 Å². The van der Waals surface area contributed by atoms with E-state index in [4.69, 9.17) is 0 Å². The number of aromatic hydroxyl groups is 1. The molecule has 0 amide bonds. The van der Waals surface area contributed by atoms with Crippen molar-refractivity contribution in [2.75, 3.05) is 5.75 Å². The first-order chi connectivity index (χ1) is 7.61. The molecular formula is C11H14O4S. The summed E-state index contributed by atoms with van der Waals surface area (Å²) in [6, 6.07) is 4.33. The van der Waals surface area contributed by atoms with E-state index in [1.807, 2.05) is 0 Å². The van der Waals surface area contributed by atoms with Crippen molar-refractivity contribution in [2.24, 2.45) is 0 Å². The van der Waals surface area contributed by atoms with E-state index in [1.54, 1.807) is 0 Å². The summed E-state index contributed by atoms with van der Waals surface area (Å²) >= 11 is 3.94. The molecular weight excluding hydrogens is 228 g/mol. The van der Waals surface area contributed by atoms with E-state index in [-0.39, 0.29) is 23.3 Å². The van der Waals surface area contributed by atoms with Crippen LogP contribution in [0.3, 0.4) is 0 Å². The van der Waals surface area contributed by atoms with E-state index in [1.165, 1.54) is 18.2 Å². The summed E-state index contributed by atoms with van der Waals surface area (Å²) < 4.78 is 0. The number of carbonyl (C=O) groups excluding carboxylic acids is 1. The molecule has 0 aliphatic heterocycles. The number of phenols is 1. The van der Waals surface area contributed by atoms with E-state index in [2.05, 4.69) is 12.6 Å². The second kappa shape index (κ2) is 5.89. The largest absolute Gasteiger partial charge is 0.508 e. The third-order valence-electron chi connectivity index (χ3n) is 2.33. The lowest BCUT2D eigenvalue weighted by Gasteiger charge is -2.19. The molecule has 0 radical (unpaired) electrons. The van der Waals surface area contributed by atoms with E-state index in [0.29, 0.717) is 12.0 Å². The molecule has 1 aromatic carbocycles. The normalized spacial score (nSPS) is 14.4. The van der Waals surface area contributed by atoms with Gasteiger partial charge in [-0.2, -0.15) is 12.6 Å². The molecule has 2 atom stereocenters. The fourth-order valence-electron chi connectivity index (χ4n) is 1.48. The minimum Gasteiger partial charge on any atom is -0.508 e. The highest BCUT2D eigenvalue weighted by Gasteiger charge is 2.23. The Hall–Kier alpha value is -1.04. The van der Waals surface area contributed by atoms with Crippen molar-refractivity contribution in [3.05, 3.63) is 29.3 Å². The predicted molar refractivity (Wildman–Crippen MR) is 62.9 cm³/mol. The van der Waals surface area contributed by atoms with Gasteiger partial charge in [0.15, 0.2) is 6.29 Å². The van der Waals surface area contributed by atoms with Crippen molar-refractivity contribution in [3.63, 3.8) is 0 Å². The smallest absolute Gasteiger partial charge is 0.150 e. The molecule has 1 rings (SSSR count). The SMILES string of the molecule is O=Cc1cccc(O)c1C(O)C(O)CCS. The van der Waals surface area contributed by atoms with Crippen LogP contribution in [0.2, 0.25) is 0 Å². The van der Waals surface area contributed by atoms with Gasteiger partial charge < -0.3 is 15.3 Å². The highest BCUT2D eigenvalue weighted by Crippen LogP contribution is 2.30. The van der Waals surface area contributed by atoms with Crippen molar-refractivity contribution in [2.45, 2.75) is 18.6 Å². The number of thiol groups is 1. The number of phenolic OH excluding ortho intramolecular Hbond substituents is 1. The van der Waals surface area contributed by atoms with Gasteiger partial charge in [0.25, 0.3) is 0 Å². The standard InChI is InChI=1S/C11H14O4S/c12-6-7-2-1-3-8(13)10(7)11(15)9(14)4-5-16/h1-3,6,9,11,13-16H,4-5H2. The van der Waals surface area contributed by atoms with Crippen LogP contribution in [0.4, 0.5) is 0 Å². The van der Waals surface area contributed by atoms with Crippen molar-refractivity contribution < 1.29 is 20.1 Å². The van der Waals surface area contributed by atoms with Gasteiger partial charge in [0.1, 0.15) is 11.9 Å². The summed E-state index contributed by atoms with van der Waals surface area (Å²) in [4.78, 5) is 10.7. The first kappa shape index (κ1) is 13.0. The van der Waals surface area contributed by atoms with Crippen LogP contribution in [0.25, 0.3) is 0 Å². The quantitative estimate of drug-likeness (QED) is 0.457. The highest BCUT2D eigenvalue weighted by molar-refractivity contribution is 7.80. The minimum absolute atomic E-state index is 0.0618. The van der Waals surface area contributed by atoms with Crippen LogP contribution in [0, 0.1) is 0 Å². The summed E-state index contributed by atoms with van der Waals surface area (Å²) in [5.41, 5.74) is 0.234. The Morgan fingerprint density at radius 3 is 2.62 bits per heavy atom. The van der Waals surface area contributed by atoms with Gasteiger partial charge in [-0.15, -0.1) is 0 Å². The second-order valence-electron chi connectivity index (χ2n) is 3.42. The molecule has 5 heteroatoms. The lowest BCUT2D eigenvalue weighted by Crippen LogP contribution is -2.20. The first-order valence-electron chi connectivity index (χ1n) is 4.85. The van der Waals surface area contributed by atoms with Gasteiger partial charge in [0.05, 0.1) is 6.10 Å². The van der Waals surface area contributed by atoms with Gasteiger partial charge in [0.2, 0.25) is 0 Å². The molecule has 0 saturated heterocycles. The van der Waals surface area contributed by atoms with Crippen LogP contribution in [0.15, 0.2) is 18.2 Å². The van der Waals surface area contributed by atoms with E-state index < -0.39 is 12.2 Å². The Kier molecular flexibility index (Phi) is 4.79. The summed E-state index contributed by atoms with van der Waals surface area (Å²) in [5, 5.41) is 29.0. The summed E-state index contributed by atoms with van der Waals surface area (Å²) in [5.74, 6) is 0.206. The number of aliphatic hydroxyl groups excluding tert-OH is 2. The number of carbonyl (C=O) groups is 1. The second-order valence-corrected chi connectivity index (χ2v) is 3.87. The van der Waals surface area contributed by atoms with Gasteiger partial charge in [0, 0.05) is 11.1 Å². The fourth-order valence-corrected chi connectivity index (χ4v) is 1.74. The molecule has 0 heterocycles. The zero-order chi connectivity index (χ0) is 12.1. The summed E-state index contributed by atoms with van der Waals surface area (Å²) in [6.07, 6.45) is -1.53. The molecule has 0 spiro atoms. The Morgan fingerprint density at radius 2 is 2.06 bits per heavy atom. The molecule has 0 saturated carbocycles. The number of benzene rings is 1. The molecule has 88 valence electrons. The molecule has 0 aromatic heterocycles. The maximum atomic E-state index is 10.7. The molecule has 2 unspecified atom stereocenters. The molecule has 16 heavy (non-hydrogen) atoms. The Bertz CT molecular complexity index is 367. The summed E-state index contributed by atoms with van der Waals surface area (Å²) in [6.45, 7) is 0. The molecule has 0 aliphatic rings. The number of aliphatic hydroxyl groups is 2. The van der Waals surface area contributed by atoms with Crippen LogP contribution >= 0.6 is 12.6 Å². The maximum Gasteiger partial charge on any atom is 0.150 e.